The predicted molar refractivity (Wildman–Crippen MR) is 82.4 cm³/mol. The van der Waals surface area contributed by atoms with Crippen LogP contribution in [0.25, 0.3) is 10.9 Å². The number of nitrogens with zero attached hydrogens (tertiary/aromatic N) is 2. The first-order chi connectivity index (χ1) is 10.1. The first-order valence-corrected chi connectivity index (χ1v) is 6.98. The van der Waals surface area contributed by atoms with Crippen molar-refractivity contribution in [3.8, 4) is 0 Å². The molecule has 0 saturated heterocycles. The third kappa shape index (κ3) is 3.28. The van der Waals surface area contributed by atoms with E-state index in [4.69, 9.17) is 0 Å². The molecule has 0 aliphatic heterocycles. The van der Waals surface area contributed by atoms with Gasteiger partial charge in [0, 0.05) is 35.4 Å². The van der Waals surface area contributed by atoms with E-state index in [-0.39, 0.29) is 5.82 Å². The third-order valence-corrected chi connectivity index (χ3v) is 3.46. The van der Waals surface area contributed by atoms with Crippen molar-refractivity contribution >= 4 is 10.9 Å². The number of hydrogen-bond acceptors (Lipinski definition) is 2. The van der Waals surface area contributed by atoms with E-state index in [1.165, 1.54) is 6.07 Å². The molecule has 0 unspecified atom stereocenters. The first kappa shape index (κ1) is 13.8. The molecule has 0 aliphatic carbocycles. The van der Waals surface area contributed by atoms with Gasteiger partial charge < -0.3 is 4.98 Å². The molecule has 1 N–H and O–H groups in total. The maximum Gasteiger partial charge on any atom is 0.123 e. The monoisotopic (exact) mass is 283 g/mol. The van der Waals surface area contributed by atoms with E-state index in [2.05, 4.69) is 21.9 Å². The lowest BCUT2D eigenvalue weighted by Gasteiger charge is -2.15. The van der Waals surface area contributed by atoms with Crippen LogP contribution in [-0.2, 0) is 13.1 Å². The fourth-order valence-corrected chi connectivity index (χ4v) is 2.56. The van der Waals surface area contributed by atoms with Gasteiger partial charge in [0.05, 0.1) is 5.69 Å². The van der Waals surface area contributed by atoms with E-state index in [1.807, 2.05) is 31.2 Å². The number of halogens is 1. The van der Waals surface area contributed by atoms with Gasteiger partial charge in [0.1, 0.15) is 5.82 Å². The fraction of sp³-hybridized carbons (Fsp3) is 0.235. The molecule has 2 aromatic heterocycles. The number of benzene rings is 1. The molecule has 3 nitrogen and oxygen atoms in total. The number of aromatic nitrogens is 2. The smallest absolute Gasteiger partial charge is 0.123 e. The predicted octanol–water partition coefficient (Wildman–Crippen LogP) is 3.64. The lowest BCUT2D eigenvalue weighted by molar-refractivity contribution is 0.312. The Morgan fingerprint density at radius 1 is 1.14 bits per heavy atom. The average molecular weight is 283 g/mol. The number of H-pyrrole nitrogens is 1. The normalized spacial score (nSPS) is 11.4. The minimum absolute atomic E-state index is 0.203. The van der Waals surface area contributed by atoms with E-state index >= 15 is 0 Å². The van der Waals surface area contributed by atoms with Gasteiger partial charge >= 0.3 is 0 Å². The SMILES string of the molecule is Cc1cccc(CN(C)Cc2cc3cc(F)ccc3[nH]2)n1. The highest BCUT2D eigenvalue weighted by molar-refractivity contribution is 5.80. The molecule has 0 aliphatic rings. The van der Waals surface area contributed by atoms with Crippen LogP contribution in [0.5, 0.6) is 0 Å². The second-order valence-electron chi connectivity index (χ2n) is 5.47. The maximum atomic E-state index is 13.2. The molecular formula is C17H18FN3. The minimum Gasteiger partial charge on any atom is -0.357 e. The van der Waals surface area contributed by atoms with Crippen molar-refractivity contribution in [1.82, 2.24) is 14.9 Å². The van der Waals surface area contributed by atoms with Gasteiger partial charge in [-0.1, -0.05) is 6.07 Å². The van der Waals surface area contributed by atoms with Crippen LogP contribution in [-0.4, -0.2) is 21.9 Å². The Morgan fingerprint density at radius 3 is 2.81 bits per heavy atom. The van der Waals surface area contributed by atoms with Crippen LogP contribution >= 0.6 is 0 Å². The summed E-state index contributed by atoms with van der Waals surface area (Å²) in [7, 11) is 2.05. The topological polar surface area (TPSA) is 31.9 Å². The minimum atomic E-state index is -0.203. The van der Waals surface area contributed by atoms with Crippen LogP contribution in [0.3, 0.4) is 0 Å². The van der Waals surface area contributed by atoms with Crippen molar-refractivity contribution < 1.29 is 4.39 Å². The molecule has 0 amide bonds. The zero-order valence-electron chi connectivity index (χ0n) is 12.2. The van der Waals surface area contributed by atoms with Crippen molar-refractivity contribution in [2.75, 3.05) is 7.05 Å². The van der Waals surface area contributed by atoms with Crippen molar-refractivity contribution in [3.05, 3.63) is 65.4 Å². The highest BCUT2D eigenvalue weighted by atomic mass is 19.1. The molecule has 4 heteroatoms. The van der Waals surface area contributed by atoms with E-state index in [9.17, 15) is 4.39 Å². The van der Waals surface area contributed by atoms with Crippen molar-refractivity contribution in [1.29, 1.82) is 0 Å². The Balaban J connectivity index is 1.72. The number of fused-ring (bicyclic) bond motifs is 1. The van der Waals surface area contributed by atoms with Crippen LogP contribution in [0.2, 0.25) is 0 Å². The van der Waals surface area contributed by atoms with Crippen LogP contribution in [0.4, 0.5) is 4.39 Å². The van der Waals surface area contributed by atoms with Crippen molar-refractivity contribution in [2.45, 2.75) is 20.0 Å². The number of aromatic amines is 1. The lowest BCUT2D eigenvalue weighted by Crippen LogP contribution is -2.18. The van der Waals surface area contributed by atoms with Gasteiger partial charge in [0.15, 0.2) is 0 Å². The summed E-state index contributed by atoms with van der Waals surface area (Å²) >= 11 is 0. The van der Waals surface area contributed by atoms with Gasteiger partial charge in [0.25, 0.3) is 0 Å². The summed E-state index contributed by atoms with van der Waals surface area (Å²) in [4.78, 5) is 10.0. The molecule has 108 valence electrons. The molecule has 3 aromatic rings. The van der Waals surface area contributed by atoms with Gasteiger partial charge in [-0.05, 0) is 50.4 Å². The molecule has 0 fully saturated rings. The van der Waals surface area contributed by atoms with Gasteiger partial charge in [-0.15, -0.1) is 0 Å². The number of pyridine rings is 1. The zero-order chi connectivity index (χ0) is 14.8. The molecule has 1 aromatic carbocycles. The van der Waals surface area contributed by atoms with Gasteiger partial charge in [-0.25, -0.2) is 4.39 Å². The average Bonchev–Trinajstić information content (AvgIpc) is 2.79. The summed E-state index contributed by atoms with van der Waals surface area (Å²) < 4.78 is 13.2. The van der Waals surface area contributed by atoms with Crippen LogP contribution in [0.1, 0.15) is 17.1 Å². The molecule has 0 spiro atoms. The number of rotatable bonds is 4. The van der Waals surface area contributed by atoms with Crippen molar-refractivity contribution in [3.63, 3.8) is 0 Å². The first-order valence-electron chi connectivity index (χ1n) is 6.98. The Morgan fingerprint density at radius 2 is 2.00 bits per heavy atom. The van der Waals surface area contributed by atoms with Crippen LogP contribution in [0.15, 0.2) is 42.5 Å². The van der Waals surface area contributed by atoms with E-state index in [1.54, 1.807) is 12.1 Å². The number of aryl methyl sites for hydroxylation is 1. The summed E-state index contributed by atoms with van der Waals surface area (Å²) in [5, 5.41) is 0.909. The Labute approximate surface area is 123 Å². The molecule has 0 atom stereocenters. The number of nitrogens with one attached hydrogen (secondary N) is 1. The quantitative estimate of drug-likeness (QED) is 0.792. The van der Waals surface area contributed by atoms with Gasteiger partial charge in [-0.3, -0.25) is 9.88 Å². The Kier molecular flexibility index (Phi) is 3.71. The Hall–Kier alpha value is -2.20. The summed E-state index contributed by atoms with van der Waals surface area (Å²) in [5.74, 6) is -0.203. The van der Waals surface area contributed by atoms with Crippen LogP contribution < -0.4 is 0 Å². The van der Waals surface area contributed by atoms with Gasteiger partial charge in [0.2, 0.25) is 0 Å². The van der Waals surface area contributed by atoms with Crippen molar-refractivity contribution in [2.24, 2.45) is 0 Å². The van der Waals surface area contributed by atoms with E-state index in [0.717, 1.165) is 41.1 Å². The highest BCUT2D eigenvalue weighted by Gasteiger charge is 2.06. The molecule has 21 heavy (non-hydrogen) atoms. The van der Waals surface area contributed by atoms with Crippen LogP contribution in [0, 0.1) is 12.7 Å². The summed E-state index contributed by atoms with van der Waals surface area (Å²) in [6, 6.07) is 12.9. The third-order valence-electron chi connectivity index (χ3n) is 3.46. The molecule has 0 radical (unpaired) electrons. The van der Waals surface area contributed by atoms with Gasteiger partial charge in [-0.2, -0.15) is 0 Å². The maximum absolute atomic E-state index is 13.2. The summed E-state index contributed by atoms with van der Waals surface area (Å²) in [6.45, 7) is 3.55. The van der Waals surface area contributed by atoms with E-state index in [0.29, 0.717) is 0 Å². The molecule has 0 bridgehead atoms. The standard InChI is InChI=1S/C17H18FN3/c1-12-4-3-5-15(19-12)10-21(2)11-16-9-13-8-14(18)6-7-17(13)20-16/h3-9,20H,10-11H2,1-2H3. The molecule has 0 saturated carbocycles. The summed E-state index contributed by atoms with van der Waals surface area (Å²) in [6.07, 6.45) is 0. The Bertz CT molecular complexity index is 764. The number of hydrogen-bond donors (Lipinski definition) is 1. The summed E-state index contributed by atoms with van der Waals surface area (Å²) in [5.41, 5.74) is 4.13. The fourth-order valence-electron chi connectivity index (χ4n) is 2.56. The van der Waals surface area contributed by atoms with E-state index < -0.39 is 0 Å². The largest absolute Gasteiger partial charge is 0.357 e. The highest BCUT2D eigenvalue weighted by Crippen LogP contribution is 2.18. The molecular weight excluding hydrogens is 265 g/mol. The second-order valence-corrected chi connectivity index (χ2v) is 5.47. The molecule has 2 heterocycles. The lowest BCUT2D eigenvalue weighted by atomic mass is 10.2. The zero-order valence-corrected chi connectivity index (χ0v) is 12.2. The molecule has 3 rings (SSSR count). The second kappa shape index (κ2) is 5.66.